The minimum absolute atomic E-state index is 0.0162. The maximum atomic E-state index is 6.74. The van der Waals surface area contributed by atoms with Crippen LogP contribution in [0.2, 0.25) is 0 Å². The topological polar surface area (TPSA) is 60.0 Å². The summed E-state index contributed by atoms with van der Waals surface area (Å²) in [6, 6.07) is -0.0162. The van der Waals surface area contributed by atoms with E-state index >= 15 is 0 Å². The number of nitrogens with zero attached hydrogens (tertiary/aromatic N) is 4. The van der Waals surface area contributed by atoms with Gasteiger partial charge in [0.1, 0.15) is 0 Å². The highest BCUT2D eigenvalue weighted by Gasteiger charge is 2.46. The highest BCUT2D eigenvalue weighted by molar-refractivity contribution is 9.10. The van der Waals surface area contributed by atoms with Crippen molar-refractivity contribution in [3.05, 3.63) is 10.3 Å². The first-order valence-electron chi connectivity index (χ1n) is 7.71. The van der Waals surface area contributed by atoms with Gasteiger partial charge in [-0.3, -0.25) is 4.90 Å². The maximum absolute atomic E-state index is 6.74. The van der Waals surface area contributed by atoms with Crippen LogP contribution < -0.4 is 5.73 Å². The van der Waals surface area contributed by atoms with E-state index in [2.05, 4.69) is 31.1 Å². The van der Waals surface area contributed by atoms with Crippen molar-refractivity contribution in [3.63, 3.8) is 0 Å². The zero-order valence-electron chi connectivity index (χ0n) is 12.2. The first-order chi connectivity index (χ1) is 9.65. The van der Waals surface area contributed by atoms with Crippen LogP contribution in [-0.4, -0.2) is 38.5 Å². The van der Waals surface area contributed by atoms with E-state index in [1.165, 1.54) is 58.0 Å². The van der Waals surface area contributed by atoms with Gasteiger partial charge in [0, 0.05) is 12.6 Å². The molecule has 2 fully saturated rings. The molecule has 1 saturated carbocycles. The molecular formula is C14H24BrN5. The molecule has 3 rings (SSSR count). The average Bonchev–Trinajstić information content (AvgIpc) is 3.08. The first-order valence-corrected chi connectivity index (χ1v) is 8.50. The molecule has 0 radical (unpaired) electrons. The van der Waals surface area contributed by atoms with Crippen molar-refractivity contribution >= 4 is 15.9 Å². The van der Waals surface area contributed by atoms with Crippen molar-refractivity contribution in [3.8, 4) is 0 Å². The van der Waals surface area contributed by atoms with Gasteiger partial charge in [-0.25, -0.2) is 4.68 Å². The fourth-order valence-corrected chi connectivity index (χ4v) is 4.65. The monoisotopic (exact) mass is 341 g/mol. The van der Waals surface area contributed by atoms with Gasteiger partial charge in [0.25, 0.3) is 0 Å². The van der Waals surface area contributed by atoms with Crippen molar-refractivity contribution in [1.29, 1.82) is 0 Å². The molecule has 112 valence electrons. The smallest absolute Gasteiger partial charge is 0.153 e. The first kappa shape index (κ1) is 14.5. The molecule has 1 unspecified atom stereocenters. The molecule has 5 nitrogen and oxygen atoms in total. The number of aromatic nitrogens is 3. The van der Waals surface area contributed by atoms with Crippen molar-refractivity contribution in [2.45, 2.75) is 56.5 Å². The Balaban J connectivity index is 1.93. The Labute approximate surface area is 129 Å². The molecule has 0 amide bonds. The van der Waals surface area contributed by atoms with E-state index in [0.717, 1.165) is 10.3 Å². The van der Waals surface area contributed by atoms with E-state index in [9.17, 15) is 0 Å². The van der Waals surface area contributed by atoms with Gasteiger partial charge in [-0.1, -0.05) is 24.5 Å². The molecule has 20 heavy (non-hydrogen) atoms. The molecule has 0 aromatic carbocycles. The van der Waals surface area contributed by atoms with Gasteiger partial charge >= 0.3 is 0 Å². The molecule has 0 spiro atoms. The standard InChI is InChI=1S/C14H24BrN5/c1-19-11(13(15)17-18-19)12(16)14(7-3-4-8-14)20-9-5-2-6-10-20/h12H,2-10,16H2,1H3. The van der Waals surface area contributed by atoms with Crippen LogP contribution in [0.25, 0.3) is 0 Å². The number of hydrogen-bond acceptors (Lipinski definition) is 4. The van der Waals surface area contributed by atoms with E-state index in [-0.39, 0.29) is 11.6 Å². The van der Waals surface area contributed by atoms with Crippen LogP contribution in [0.1, 0.15) is 56.7 Å². The summed E-state index contributed by atoms with van der Waals surface area (Å²) in [4.78, 5) is 2.66. The zero-order chi connectivity index (χ0) is 14.2. The second-order valence-electron chi connectivity index (χ2n) is 6.23. The van der Waals surface area contributed by atoms with Crippen molar-refractivity contribution in [2.75, 3.05) is 13.1 Å². The summed E-state index contributed by atoms with van der Waals surface area (Å²) in [7, 11) is 1.94. The van der Waals surface area contributed by atoms with Gasteiger partial charge in [-0.15, -0.1) is 5.10 Å². The van der Waals surface area contributed by atoms with Crippen molar-refractivity contribution < 1.29 is 0 Å². The van der Waals surface area contributed by atoms with Crippen molar-refractivity contribution in [2.24, 2.45) is 12.8 Å². The van der Waals surface area contributed by atoms with E-state index < -0.39 is 0 Å². The van der Waals surface area contributed by atoms with E-state index in [0.29, 0.717) is 0 Å². The van der Waals surface area contributed by atoms with Crippen LogP contribution in [0, 0.1) is 0 Å². The Kier molecular flexibility index (Phi) is 4.15. The fourth-order valence-electron chi connectivity index (χ4n) is 4.07. The van der Waals surface area contributed by atoms with E-state index in [1.807, 2.05) is 11.7 Å². The molecule has 1 aromatic heterocycles. The van der Waals surface area contributed by atoms with E-state index in [1.54, 1.807) is 0 Å². The lowest BCUT2D eigenvalue weighted by Gasteiger charge is -2.47. The summed E-state index contributed by atoms with van der Waals surface area (Å²) in [5.74, 6) is 0. The molecule has 1 saturated heterocycles. The zero-order valence-corrected chi connectivity index (χ0v) is 13.8. The Morgan fingerprint density at radius 3 is 2.35 bits per heavy atom. The van der Waals surface area contributed by atoms with Gasteiger partial charge in [0.05, 0.1) is 11.7 Å². The summed E-state index contributed by atoms with van der Waals surface area (Å²) in [6.07, 6.45) is 8.94. The van der Waals surface area contributed by atoms with Crippen LogP contribution in [0.5, 0.6) is 0 Å². The number of rotatable bonds is 3. The lowest BCUT2D eigenvalue weighted by molar-refractivity contribution is 0.0454. The molecule has 2 aliphatic rings. The molecule has 1 aliphatic carbocycles. The summed E-state index contributed by atoms with van der Waals surface area (Å²) < 4.78 is 2.63. The fraction of sp³-hybridized carbons (Fsp3) is 0.857. The second kappa shape index (κ2) is 5.73. The van der Waals surface area contributed by atoms with Crippen LogP contribution in [0.3, 0.4) is 0 Å². The third-order valence-electron chi connectivity index (χ3n) is 5.16. The molecular weight excluding hydrogens is 318 g/mol. The third-order valence-corrected chi connectivity index (χ3v) is 5.72. The van der Waals surface area contributed by atoms with Crippen molar-refractivity contribution in [1.82, 2.24) is 19.9 Å². The minimum Gasteiger partial charge on any atom is -0.321 e. The highest BCUT2D eigenvalue weighted by Crippen LogP contribution is 2.45. The largest absolute Gasteiger partial charge is 0.321 e. The quantitative estimate of drug-likeness (QED) is 0.916. The summed E-state index contributed by atoms with van der Waals surface area (Å²) in [6.45, 7) is 2.38. The molecule has 1 aromatic rings. The van der Waals surface area contributed by atoms with Crippen LogP contribution in [0.15, 0.2) is 4.60 Å². The number of aryl methyl sites for hydroxylation is 1. The number of hydrogen-bond donors (Lipinski definition) is 1. The van der Waals surface area contributed by atoms with Gasteiger partial charge in [-0.2, -0.15) is 0 Å². The molecule has 1 atom stereocenters. The third kappa shape index (κ3) is 2.31. The molecule has 6 heteroatoms. The predicted molar refractivity (Wildman–Crippen MR) is 82.3 cm³/mol. The summed E-state index contributed by atoms with van der Waals surface area (Å²) in [5.41, 5.74) is 7.89. The molecule has 2 heterocycles. The number of likely N-dealkylation sites (tertiary alicyclic amines) is 1. The minimum atomic E-state index is -0.0162. The molecule has 1 aliphatic heterocycles. The van der Waals surface area contributed by atoms with Gasteiger partial charge in [0.15, 0.2) is 4.60 Å². The van der Waals surface area contributed by atoms with Crippen LogP contribution in [-0.2, 0) is 7.05 Å². The Morgan fingerprint density at radius 1 is 1.15 bits per heavy atom. The Bertz CT molecular complexity index is 441. The van der Waals surface area contributed by atoms with Crippen LogP contribution >= 0.6 is 15.9 Å². The normalized spacial score (nSPS) is 24.9. The van der Waals surface area contributed by atoms with Gasteiger partial charge in [0.2, 0.25) is 0 Å². The van der Waals surface area contributed by atoms with E-state index in [4.69, 9.17) is 5.73 Å². The molecule has 0 bridgehead atoms. The SMILES string of the molecule is Cn1nnc(Br)c1C(N)C1(N2CCCCC2)CCCC1. The Morgan fingerprint density at radius 2 is 1.80 bits per heavy atom. The summed E-state index contributed by atoms with van der Waals surface area (Å²) in [5, 5.41) is 8.22. The van der Waals surface area contributed by atoms with Gasteiger partial charge in [-0.05, 0) is 54.7 Å². The van der Waals surface area contributed by atoms with Crippen LogP contribution in [0.4, 0.5) is 0 Å². The highest BCUT2D eigenvalue weighted by atomic mass is 79.9. The number of piperidine rings is 1. The predicted octanol–water partition coefficient (Wildman–Crippen LogP) is 2.38. The average molecular weight is 342 g/mol. The number of nitrogens with two attached hydrogens (primary N) is 1. The Hall–Kier alpha value is -0.460. The lowest BCUT2D eigenvalue weighted by atomic mass is 9.83. The van der Waals surface area contributed by atoms with Gasteiger partial charge < -0.3 is 5.73 Å². The summed E-state index contributed by atoms with van der Waals surface area (Å²) >= 11 is 3.52. The maximum Gasteiger partial charge on any atom is 0.153 e. The second-order valence-corrected chi connectivity index (χ2v) is 6.98. The number of halogens is 1. The molecule has 2 N–H and O–H groups in total. The lowest BCUT2D eigenvalue weighted by Crippen LogP contribution is -2.55.